The first-order valence-electron chi connectivity index (χ1n) is 10.4. The number of sulfonamides is 1. The van der Waals surface area contributed by atoms with Gasteiger partial charge in [-0.05, 0) is 60.9 Å². The van der Waals surface area contributed by atoms with Crippen LogP contribution in [0.25, 0.3) is 0 Å². The molecule has 160 valence electrons. The van der Waals surface area contributed by atoms with E-state index in [9.17, 15) is 13.2 Å². The number of rotatable bonds is 8. The maximum Gasteiger partial charge on any atom is 0.241 e. The first-order chi connectivity index (χ1) is 14.4. The van der Waals surface area contributed by atoms with Gasteiger partial charge in [0.15, 0.2) is 0 Å². The van der Waals surface area contributed by atoms with Gasteiger partial charge in [-0.2, -0.15) is 0 Å². The van der Waals surface area contributed by atoms with Gasteiger partial charge in [0, 0.05) is 6.04 Å². The number of nitrogens with one attached hydrogen (secondary N) is 1. The highest BCUT2D eigenvalue weighted by atomic mass is 32.2. The van der Waals surface area contributed by atoms with Crippen LogP contribution in [0.1, 0.15) is 31.2 Å². The highest BCUT2D eigenvalue weighted by molar-refractivity contribution is 7.92. The van der Waals surface area contributed by atoms with Crippen LogP contribution in [0.5, 0.6) is 5.75 Å². The van der Waals surface area contributed by atoms with Crippen LogP contribution in [0.3, 0.4) is 0 Å². The van der Waals surface area contributed by atoms with Crippen LogP contribution in [-0.2, 0) is 21.4 Å². The molecule has 2 bridgehead atoms. The van der Waals surface area contributed by atoms with E-state index in [1.165, 1.54) is 12.8 Å². The molecule has 1 N–H and O–H groups in total. The Morgan fingerprint density at radius 1 is 1.07 bits per heavy atom. The Kier molecular flexibility index (Phi) is 5.99. The van der Waals surface area contributed by atoms with E-state index < -0.39 is 10.0 Å². The average Bonchev–Trinajstić information content (AvgIpc) is 3.34. The van der Waals surface area contributed by atoms with Gasteiger partial charge in [-0.3, -0.25) is 9.10 Å². The third-order valence-electron chi connectivity index (χ3n) is 6.15. The minimum atomic E-state index is -3.59. The van der Waals surface area contributed by atoms with Crippen LogP contribution < -0.4 is 14.4 Å². The van der Waals surface area contributed by atoms with Crippen molar-refractivity contribution in [3.63, 3.8) is 0 Å². The van der Waals surface area contributed by atoms with Gasteiger partial charge < -0.3 is 10.1 Å². The highest BCUT2D eigenvalue weighted by Gasteiger charge is 2.40. The molecule has 3 unspecified atom stereocenters. The molecule has 4 rings (SSSR count). The molecule has 2 fully saturated rings. The van der Waals surface area contributed by atoms with Gasteiger partial charge in [0.1, 0.15) is 18.9 Å². The van der Waals surface area contributed by atoms with Gasteiger partial charge in [-0.1, -0.05) is 36.8 Å². The van der Waals surface area contributed by atoms with E-state index in [2.05, 4.69) is 5.32 Å². The number of anilines is 1. The number of carbonyl (C=O) groups is 1. The van der Waals surface area contributed by atoms with E-state index in [1.54, 1.807) is 24.3 Å². The van der Waals surface area contributed by atoms with E-state index >= 15 is 0 Å². The molecule has 2 saturated carbocycles. The minimum Gasteiger partial charge on any atom is -0.489 e. The summed E-state index contributed by atoms with van der Waals surface area (Å²) < 4.78 is 31.6. The third kappa shape index (κ3) is 4.95. The number of amides is 1. The Hall–Kier alpha value is -2.54. The molecule has 30 heavy (non-hydrogen) atoms. The normalized spacial score (nSPS) is 22.6. The smallest absolute Gasteiger partial charge is 0.241 e. The van der Waals surface area contributed by atoms with Gasteiger partial charge in [-0.25, -0.2) is 8.42 Å². The summed E-state index contributed by atoms with van der Waals surface area (Å²) >= 11 is 0. The zero-order chi connectivity index (χ0) is 21.1. The van der Waals surface area contributed by atoms with Crippen molar-refractivity contribution in [2.75, 3.05) is 17.1 Å². The Labute approximate surface area is 178 Å². The van der Waals surface area contributed by atoms with Crippen molar-refractivity contribution in [1.29, 1.82) is 0 Å². The molecule has 2 aromatic rings. The lowest BCUT2D eigenvalue weighted by molar-refractivity contribution is -0.120. The highest BCUT2D eigenvalue weighted by Crippen LogP contribution is 2.44. The second-order valence-corrected chi connectivity index (χ2v) is 10.3. The van der Waals surface area contributed by atoms with Crippen LogP contribution in [-0.4, -0.2) is 33.2 Å². The maximum atomic E-state index is 12.6. The summed E-state index contributed by atoms with van der Waals surface area (Å²) in [6.45, 7) is 0.221. The number of hydrogen-bond donors (Lipinski definition) is 1. The molecule has 0 aliphatic heterocycles. The molecular formula is C23H28N2O4S. The number of ether oxygens (including phenoxy) is 1. The summed E-state index contributed by atoms with van der Waals surface area (Å²) in [5.74, 6) is 1.66. The molecule has 2 aliphatic carbocycles. The molecule has 0 heterocycles. The van der Waals surface area contributed by atoms with E-state index in [-0.39, 0.29) is 18.5 Å². The number of fused-ring (bicyclic) bond motifs is 2. The van der Waals surface area contributed by atoms with Crippen molar-refractivity contribution < 1.29 is 17.9 Å². The SMILES string of the molecule is CS(=O)(=O)N(CC(=O)NC1CC2CCC1C2)c1ccc(OCc2ccccc2)cc1. The zero-order valence-corrected chi connectivity index (χ0v) is 18.0. The third-order valence-corrected chi connectivity index (χ3v) is 7.29. The minimum absolute atomic E-state index is 0.187. The summed E-state index contributed by atoms with van der Waals surface area (Å²) in [6.07, 6.45) is 5.74. The average molecular weight is 429 g/mol. The van der Waals surface area contributed by atoms with Gasteiger partial charge >= 0.3 is 0 Å². The fraction of sp³-hybridized carbons (Fsp3) is 0.435. The number of carbonyl (C=O) groups excluding carboxylic acids is 1. The molecule has 0 saturated heterocycles. The molecule has 0 aromatic heterocycles. The molecule has 3 atom stereocenters. The second-order valence-electron chi connectivity index (χ2n) is 8.39. The topological polar surface area (TPSA) is 75.7 Å². The van der Waals surface area contributed by atoms with Crippen LogP contribution in [0.2, 0.25) is 0 Å². The summed E-state index contributed by atoms with van der Waals surface area (Å²) in [5.41, 5.74) is 1.50. The standard InChI is InChI=1S/C23H28N2O4S/c1-30(27,28)25(15-23(26)24-22-14-18-7-8-19(22)13-18)20-9-11-21(12-10-20)29-16-17-5-3-2-4-6-17/h2-6,9-12,18-19,22H,7-8,13-16H2,1H3,(H,24,26). The first kappa shape index (κ1) is 20.7. The molecule has 0 spiro atoms. The summed E-state index contributed by atoms with van der Waals surface area (Å²) in [6, 6.07) is 16.8. The van der Waals surface area contributed by atoms with Gasteiger partial charge in [-0.15, -0.1) is 0 Å². The van der Waals surface area contributed by atoms with Gasteiger partial charge in [0.2, 0.25) is 15.9 Å². The van der Waals surface area contributed by atoms with Crippen molar-refractivity contribution in [2.45, 2.75) is 38.3 Å². The van der Waals surface area contributed by atoms with E-state index in [1.807, 2.05) is 30.3 Å². The van der Waals surface area contributed by atoms with Crippen molar-refractivity contribution in [3.05, 3.63) is 60.2 Å². The van der Waals surface area contributed by atoms with Crippen molar-refractivity contribution in [3.8, 4) is 5.75 Å². The largest absolute Gasteiger partial charge is 0.489 e. The molecule has 2 aliphatic rings. The molecule has 1 amide bonds. The predicted molar refractivity (Wildman–Crippen MR) is 117 cm³/mol. The van der Waals surface area contributed by atoms with Crippen molar-refractivity contribution in [2.24, 2.45) is 11.8 Å². The van der Waals surface area contributed by atoms with E-state index in [0.717, 1.165) is 34.9 Å². The Bertz CT molecular complexity index is 976. The molecule has 0 radical (unpaired) electrons. The Morgan fingerprint density at radius 2 is 1.80 bits per heavy atom. The number of hydrogen-bond acceptors (Lipinski definition) is 4. The monoisotopic (exact) mass is 428 g/mol. The lowest BCUT2D eigenvalue weighted by Crippen LogP contribution is -2.45. The van der Waals surface area contributed by atoms with Crippen molar-refractivity contribution in [1.82, 2.24) is 5.32 Å². The fourth-order valence-corrected chi connectivity index (χ4v) is 5.51. The van der Waals surface area contributed by atoms with Crippen molar-refractivity contribution >= 4 is 21.6 Å². The summed E-state index contributed by atoms with van der Waals surface area (Å²) in [4.78, 5) is 12.6. The molecule has 7 heteroatoms. The Morgan fingerprint density at radius 3 is 2.40 bits per heavy atom. The molecule has 2 aromatic carbocycles. The quantitative estimate of drug-likeness (QED) is 0.700. The van der Waals surface area contributed by atoms with Crippen LogP contribution in [0.15, 0.2) is 54.6 Å². The van der Waals surface area contributed by atoms with Crippen LogP contribution in [0.4, 0.5) is 5.69 Å². The predicted octanol–water partition coefficient (Wildman–Crippen LogP) is 3.34. The maximum absolute atomic E-state index is 12.6. The number of benzene rings is 2. The van der Waals surface area contributed by atoms with Crippen LogP contribution in [0, 0.1) is 11.8 Å². The summed E-state index contributed by atoms with van der Waals surface area (Å²) in [5, 5.41) is 3.06. The number of nitrogens with zero attached hydrogens (tertiary/aromatic N) is 1. The molecular weight excluding hydrogens is 400 g/mol. The fourth-order valence-electron chi connectivity index (χ4n) is 4.65. The summed E-state index contributed by atoms with van der Waals surface area (Å²) in [7, 11) is -3.59. The zero-order valence-electron chi connectivity index (χ0n) is 17.2. The Balaban J connectivity index is 1.38. The van der Waals surface area contributed by atoms with Crippen LogP contribution >= 0.6 is 0 Å². The second kappa shape index (κ2) is 8.68. The first-order valence-corrected chi connectivity index (χ1v) is 12.3. The van der Waals surface area contributed by atoms with E-state index in [4.69, 9.17) is 4.74 Å². The van der Waals surface area contributed by atoms with Gasteiger partial charge in [0.05, 0.1) is 11.9 Å². The van der Waals surface area contributed by atoms with Gasteiger partial charge in [0.25, 0.3) is 0 Å². The lowest BCUT2D eigenvalue weighted by Gasteiger charge is -2.26. The molecule has 6 nitrogen and oxygen atoms in total. The lowest BCUT2D eigenvalue weighted by atomic mass is 9.95. The van der Waals surface area contributed by atoms with E-state index in [0.29, 0.717) is 24.0 Å².